The van der Waals surface area contributed by atoms with Crippen LogP contribution in [0, 0.1) is 5.92 Å². The van der Waals surface area contributed by atoms with Gasteiger partial charge in [-0.15, -0.1) is 0 Å². The van der Waals surface area contributed by atoms with Crippen LogP contribution in [0.3, 0.4) is 0 Å². The Kier molecular flexibility index (Phi) is 5.26. The minimum absolute atomic E-state index is 0.266. The molecular formula is C16H27N3O. The minimum Gasteiger partial charge on any atom is -0.495 e. The van der Waals surface area contributed by atoms with Gasteiger partial charge in [0.05, 0.1) is 12.8 Å². The summed E-state index contributed by atoms with van der Waals surface area (Å²) in [6.07, 6.45) is 0. The molecule has 112 valence electrons. The van der Waals surface area contributed by atoms with E-state index in [1.807, 2.05) is 12.1 Å². The topological polar surface area (TPSA) is 41.7 Å². The molecule has 4 nitrogen and oxygen atoms in total. The van der Waals surface area contributed by atoms with Crippen LogP contribution in [-0.2, 0) is 0 Å². The molecular weight excluding hydrogens is 250 g/mol. The van der Waals surface area contributed by atoms with Gasteiger partial charge in [-0.25, -0.2) is 0 Å². The van der Waals surface area contributed by atoms with Crippen molar-refractivity contribution in [3.63, 3.8) is 0 Å². The molecule has 1 aromatic carbocycles. The number of nitrogens with zero attached hydrogens (tertiary/aromatic N) is 2. The van der Waals surface area contributed by atoms with Gasteiger partial charge in [0, 0.05) is 38.8 Å². The fourth-order valence-corrected chi connectivity index (χ4v) is 2.64. The summed E-state index contributed by atoms with van der Waals surface area (Å²) < 4.78 is 5.45. The molecule has 20 heavy (non-hydrogen) atoms. The number of methoxy groups -OCH3 is 1. The second-order valence-electron chi connectivity index (χ2n) is 5.80. The summed E-state index contributed by atoms with van der Waals surface area (Å²) in [4.78, 5) is 4.92. The first-order valence-corrected chi connectivity index (χ1v) is 7.47. The van der Waals surface area contributed by atoms with Crippen molar-refractivity contribution in [2.45, 2.75) is 19.9 Å². The Morgan fingerprint density at radius 3 is 2.40 bits per heavy atom. The van der Waals surface area contributed by atoms with Gasteiger partial charge in [0.1, 0.15) is 5.75 Å². The molecule has 1 aliphatic heterocycles. The lowest BCUT2D eigenvalue weighted by Gasteiger charge is -2.38. The Hall–Kier alpha value is -1.26. The van der Waals surface area contributed by atoms with Crippen LogP contribution in [0.1, 0.15) is 13.8 Å². The number of hydrogen-bond donors (Lipinski definition) is 1. The maximum Gasteiger partial charge on any atom is 0.142 e. The second-order valence-corrected chi connectivity index (χ2v) is 5.80. The first-order valence-electron chi connectivity index (χ1n) is 7.47. The van der Waals surface area contributed by atoms with Gasteiger partial charge < -0.3 is 15.4 Å². The van der Waals surface area contributed by atoms with Crippen molar-refractivity contribution in [1.29, 1.82) is 0 Å². The van der Waals surface area contributed by atoms with Crippen molar-refractivity contribution < 1.29 is 4.74 Å². The Morgan fingerprint density at radius 2 is 1.80 bits per heavy atom. The van der Waals surface area contributed by atoms with E-state index in [0.717, 1.165) is 38.5 Å². The van der Waals surface area contributed by atoms with Gasteiger partial charge in [-0.3, -0.25) is 4.90 Å². The Bertz CT molecular complexity index is 414. The molecule has 1 fully saturated rings. The fourth-order valence-electron chi connectivity index (χ4n) is 2.64. The Labute approximate surface area is 122 Å². The minimum atomic E-state index is 0.266. The Morgan fingerprint density at radius 1 is 1.15 bits per heavy atom. The summed E-state index contributed by atoms with van der Waals surface area (Å²) in [7, 11) is 1.74. The SMILES string of the molecule is COc1ccccc1N1CCN(CC(C)C(C)N)CC1. The van der Waals surface area contributed by atoms with Gasteiger partial charge >= 0.3 is 0 Å². The third-order valence-electron chi connectivity index (χ3n) is 4.24. The average Bonchev–Trinajstić information content (AvgIpc) is 2.48. The molecule has 4 heteroatoms. The summed E-state index contributed by atoms with van der Waals surface area (Å²) in [6, 6.07) is 8.52. The highest BCUT2D eigenvalue weighted by Gasteiger charge is 2.21. The second kappa shape index (κ2) is 6.95. The summed E-state index contributed by atoms with van der Waals surface area (Å²) in [5, 5.41) is 0. The van der Waals surface area contributed by atoms with E-state index < -0.39 is 0 Å². The van der Waals surface area contributed by atoms with Gasteiger partial charge in [0.15, 0.2) is 0 Å². The highest BCUT2D eigenvalue weighted by molar-refractivity contribution is 5.58. The van der Waals surface area contributed by atoms with Crippen molar-refractivity contribution >= 4 is 5.69 Å². The smallest absolute Gasteiger partial charge is 0.142 e. The number of hydrogen-bond acceptors (Lipinski definition) is 4. The van der Waals surface area contributed by atoms with E-state index in [2.05, 4.69) is 35.8 Å². The predicted octanol–water partition coefficient (Wildman–Crippen LogP) is 1.80. The van der Waals surface area contributed by atoms with Crippen molar-refractivity contribution in [2.75, 3.05) is 44.7 Å². The normalized spacial score (nSPS) is 19.7. The number of para-hydroxylation sites is 2. The molecule has 2 unspecified atom stereocenters. The standard InChI is InChI=1S/C16H27N3O/c1-13(14(2)17)12-18-8-10-19(11-9-18)15-6-4-5-7-16(15)20-3/h4-7,13-14H,8-12,17H2,1-3H3. The van der Waals surface area contributed by atoms with Crippen LogP contribution in [0.4, 0.5) is 5.69 Å². The number of ether oxygens (including phenoxy) is 1. The molecule has 1 aliphatic rings. The third-order valence-corrected chi connectivity index (χ3v) is 4.24. The molecule has 0 radical (unpaired) electrons. The zero-order valence-electron chi connectivity index (χ0n) is 12.9. The van der Waals surface area contributed by atoms with Crippen LogP contribution in [0.5, 0.6) is 5.75 Å². The fraction of sp³-hybridized carbons (Fsp3) is 0.625. The summed E-state index contributed by atoms with van der Waals surface area (Å²) >= 11 is 0. The maximum absolute atomic E-state index is 5.96. The molecule has 1 saturated heterocycles. The van der Waals surface area contributed by atoms with E-state index in [9.17, 15) is 0 Å². The summed E-state index contributed by atoms with van der Waals surface area (Å²) in [6.45, 7) is 9.70. The number of anilines is 1. The Balaban J connectivity index is 1.91. The molecule has 0 aliphatic carbocycles. The van der Waals surface area contributed by atoms with Crippen molar-refractivity contribution in [1.82, 2.24) is 4.90 Å². The monoisotopic (exact) mass is 277 g/mol. The van der Waals surface area contributed by atoms with Crippen LogP contribution >= 0.6 is 0 Å². The maximum atomic E-state index is 5.96. The lowest BCUT2D eigenvalue weighted by atomic mass is 10.0. The number of nitrogens with two attached hydrogens (primary N) is 1. The molecule has 0 aromatic heterocycles. The highest BCUT2D eigenvalue weighted by Crippen LogP contribution is 2.28. The van der Waals surface area contributed by atoms with E-state index in [0.29, 0.717) is 5.92 Å². The van der Waals surface area contributed by atoms with Gasteiger partial charge in [0.25, 0.3) is 0 Å². The van der Waals surface area contributed by atoms with Gasteiger partial charge in [-0.1, -0.05) is 19.1 Å². The summed E-state index contributed by atoms with van der Waals surface area (Å²) in [5.74, 6) is 1.51. The third kappa shape index (κ3) is 3.64. The largest absolute Gasteiger partial charge is 0.495 e. The zero-order chi connectivity index (χ0) is 14.5. The van der Waals surface area contributed by atoms with Crippen LogP contribution < -0.4 is 15.4 Å². The molecule has 1 heterocycles. The van der Waals surface area contributed by atoms with Crippen molar-refractivity contribution in [2.24, 2.45) is 11.7 Å². The quantitative estimate of drug-likeness (QED) is 0.891. The van der Waals surface area contributed by atoms with Crippen LogP contribution in [0.15, 0.2) is 24.3 Å². The molecule has 2 rings (SSSR count). The van der Waals surface area contributed by atoms with Crippen LogP contribution in [0.2, 0.25) is 0 Å². The van der Waals surface area contributed by atoms with E-state index in [4.69, 9.17) is 10.5 Å². The van der Waals surface area contributed by atoms with Crippen molar-refractivity contribution in [3.8, 4) is 5.75 Å². The molecule has 2 N–H and O–H groups in total. The highest BCUT2D eigenvalue weighted by atomic mass is 16.5. The van der Waals surface area contributed by atoms with Gasteiger partial charge in [-0.05, 0) is 25.0 Å². The lowest BCUT2D eigenvalue weighted by Crippen LogP contribution is -2.49. The predicted molar refractivity (Wildman–Crippen MR) is 84.5 cm³/mol. The molecule has 0 saturated carbocycles. The molecule has 2 atom stereocenters. The molecule has 0 spiro atoms. The number of benzene rings is 1. The number of rotatable bonds is 5. The molecule has 0 bridgehead atoms. The van der Waals surface area contributed by atoms with E-state index >= 15 is 0 Å². The first kappa shape index (κ1) is 15.1. The van der Waals surface area contributed by atoms with E-state index in [-0.39, 0.29) is 6.04 Å². The van der Waals surface area contributed by atoms with Gasteiger partial charge in [0.2, 0.25) is 0 Å². The van der Waals surface area contributed by atoms with E-state index in [1.165, 1.54) is 5.69 Å². The van der Waals surface area contributed by atoms with E-state index in [1.54, 1.807) is 7.11 Å². The van der Waals surface area contributed by atoms with Crippen LogP contribution in [-0.4, -0.2) is 50.8 Å². The lowest BCUT2D eigenvalue weighted by molar-refractivity contribution is 0.214. The van der Waals surface area contributed by atoms with Crippen LogP contribution in [0.25, 0.3) is 0 Å². The zero-order valence-corrected chi connectivity index (χ0v) is 12.9. The molecule has 0 amide bonds. The average molecular weight is 277 g/mol. The van der Waals surface area contributed by atoms with Crippen molar-refractivity contribution in [3.05, 3.63) is 24.3 Å². The molecule has 1 aromatic rings. The number of piperazine rings is 1. The first-order chi connectivity index (χ1) is 9.61. The summed E-state index contributed by atoms with van der Waals surface area (Å²) in [5.41, 5.74) is 7.16. The van der Waals surface area contributed by atoms with Gasteiger partial charge in [-0.2, -0.15) is 0 Å².